The summed E-state index contributed by atoms with van der Waals surface area (Å²) in [5.74, 6) is 0.618. The highest BCUT2D eigenvalue weighted by Crippen LogP contribution is 2.27. The number of benzene rings is 1. The minimum Gasteiger partial charge on any atom is -0.342 e. The van der Waals surface area contributed by atoms with Gasteiger partial charge in [0, 0.05) is 42.2 Å². The van der Waals surface area contributed by atoms with Crippen LogP contribution in [0.2, 0.25) is 0 Å². The Kier molecular flexibility index (Phi) is 6.05. The SMILES string of the molecule is Cc1nc(CC(=O)N2CCC(c3cccc(Cc4ccccc4C)n3)CC2)cs1. The molecule has 0 bridgehead atoms. The lowest BCUT2D eigenvalue weighted by molar-refractivity contribution is -0.131. The Bertz CT molecular complexity index is 989. The number of hydrogen-bond donors (Lipinski definition) is 0. The van der Waals surface area contributed by atoms with Crippen LogP contribution in [-0.2, 0) is 17.6 Å². The predicted molar refractivity (Wildman–Crippen MR) is 117 cm³/mol. The van der Waals surface area contributed by atoms with E-state index in [-0.39, 0.29) is 5.91 Å². The van der Waals surface area contributed by atoms with Crippen LogP contribution in [0.3, 0.4) is 0 Å². The molecule has 0 N–H and O–H groups in total. The molecule has 0 atom stereocenters. The van der Waals surface area contributed by atoms with Gasteiger partial charge in [0.2, 0.25) is 5.91 Å². The van der Waals surface area contributed by atoms with Crippen molar-refractivity contribution in [3.05, 3.63) is 81.1 Å². The average Bonchev–Trinajstić information content (AvgIpc) is 3.14. The molecular formula is C24H27N3OS. The summed E-state index contributed by atoms with van der Waals surface area (Å²) in [6.07, 6.45) is 3.23. The second-order valence-electron chi connectivity index (χ2n) is 7.85. The van der Waals surface area contributed by atoms with Gasteiger partial charge in [-0.25, -0.2) is 4.98 Å². The number of aryl methyl sites for hydroxylation is 2. The number of thiazole rings is 1. The van der Waals surface area contributed by atoms with E-state index in [1.807, 2.05) is 17.2 Å². The average molecular weight is 406 g/mol. The van der Waals surface area contributed by atoms with E-state index in [1.165, 1.54) is 16.8 Å². The van der Waals surface area contributed by atoms with Crippen molar-refractivity contribution in [2.24, 2.45) is 0 Å². The monoisotopic (exact) mass is 405 g/mol. The van der Waals surface area contributed by atoms with E-state index in [1.54, 1.807) is 11.3 Å². The Labute approximate surface area is 176 Å². The first-order chi connectivity index (χ1) is 14.1. The number of pyridine rings is 1. The van der Waals surface area contributed by atoms with Crippen LogP contribution in [0.5, 0.6) is 0 Å². The number of nitrogens with zero attached hydrogens (tertiary/aromatic N) is 3. The van der Waals surface area contributed by atoms with Gasteiger partial charge in [0.25, 0.3) is 0 Å². The van der Waals surface area contributed by atoms with Gasteiger partial charge in [0.15, 0.2) is 0 Å². The Morgan fingerprint density at radius 2 is 1.83 bits per heavy atom. The standard InChI is InChI=1S/C24H27N3OS/c1-17-6-3-4-7-20(17)14-21-8-5-9-23(26-21)19-10-12-27(13-11-19)24(28)15-22-16-29-18(2)25-22/h3-9,16,19H,10-15H2,1-2H3. The second-order valence-corrected chi connectivity index (χ2v) is 8.91. The molecule has 0 unspecified atom stereocenters. The van der Waals surface area contributed by atoms with Crippen molar-refractivity contribution < 1.29 is 4.79 Å². The van der Waals surface area contributed by atoms with Crippen molar-refractivity contribution in [3.63, 3.8) is 0 Å². The molecule has 1 fully saturated rings. The maximum absolute atomic E-state index is 12.6. The minimum atomic E-state index is 0.190. The van der Waals surface area contributed by atoms with Crippen LogP contribution in [0.4, 0.5) is 0 Å². The molecule has 3 aromatic rings. The largest absolute Gasteiger partial charge is 0.342 e. The molecule has 0 radical (unpaired) electrons. The van der Waals surface area contributed by atoms with Crippen molar-refractivity contribution in [1.29, 1.82) is 0 Å². The van der Waals surface area contributed by atoms with E-state index in [4.69, 9.17) is 4.98 Å². The number of carbonyl (C=O) groups is 1. The van der Waals surface area contributed by atoms with Crippen molar-refractivity contribution in [1.82, 2.24) is 14.9 Å². The number of hydrogen-bond acceptors (Lipinski definition) is 4. The summed E-state index contributed by atoms with van der Waals surface area (Å²) in [6.45, 7) is 5.73. The first-order valence-corrected chi connectivity index (χ1v) is 11.2. The highest BCUT2D eigenvalue weighted by atomic mass is 32.1. The number of carbonyl (C=O) groups excluding carboxylic acids is 1. The minimum absolute atomic E-state index is 0.190. The van der Waals surface area contributed by atoms with Crippen LogP contribution in [0.15, 0.2) is 47.8 Å². The fourth-order valence-corrected chi connectivity index (χ4v) is 4.62. The van der Waals surface area contributed by atoms with Gasteiger partial charge in [-0.15, -0.1) is 11.3 Å². The molecule has 3 heterocycles. The highest BCUT2D eigenvalue weighted by Gasteiger charge is 2.25. The molecular weight excluding hydrogens is 378 g/mol. The smallest absolute Gasteiger partial charge is 0.228 e. The number of amides is 1. The number of piperidine rings is 1. The van der Waals surface area contributed by atoms with Gasteiger partial charge in [0.05, 0.1) is 17.1 Å². The lowest BCUT2D eigenvalue weighted by atomic mass is 9.92. The Hall–Kier alpha value is -2.53. The molecule has 1 saturated heterocycles. The molecule has 1 aliphatic heterocycles. The lowest BCUT2D eigenvalue weighted by Gasteiger charge is -2.32. The van der Waals surface area contributed by atoms with Crippen molar-refractivity contribution >= 4 is 17.2 Å². The Morgan fingerprint density at radius 3 is 2.55 bits per heavy atom. The number of rotatable bonds is 5. The van der Waals surface area contributed by atoms with Crippen LogP contribution >= 0.6 is 11.3 Å². The van der Waals surface area contributed by atoms with Gasteiger partial charge in [0.1, 0.15) is 0 Å². The zero-order chi connectivity index (χ0) is 20.2. The fourth-order valence-electron chi connectivity index (χ4n) is 4.01. The Morgan fingerprint density at radius 1 is 1.03 bits per heavy atom. The molecule has 4 rings (SSSR count). The maximum atomic E-state index is 12.6. The first kappa shape index (κ1) is 19.8. The summed E-state index contributed by atoms with van der Waals surface area (Å²) in [4.78, 5) is 24.0. The summed E-state index contributed by atoms with van der Waals surface area (Å²) in [5, 5.41) is 3.01. The number of likely N-dealkylation sites (tertiary alicyclic amines) is 1. The van der Waals surface area contributed by atoms with Gasteiger partial charge in [-0.2, -0.15) is 0 Å². The molecule has 0 saturated carbocycles. The molecule has 5 heteroatoms. The van der Waals surface area contributed by atoms with E-state index >= 15 is 0 Å². The molecule has 150 valence electrons. The lowest BCUT2D eigenvalue weighted by Crippen LogP contribution is -2.39. The van der Waals surface area contributed by atoms with Crippen molar-refractivity contribution in [3.8, 4) is 0 Å². The molecule has 29 heavy (non-hydrogen) atoms. The van der Waals surface area contributed by atoms with Gasteiger partial charge in [-0.1, -0.05) is 30.3 Å². The summed E-state index contributed by atoms with van der Waals surface area (Å²) in [5.41, 5.74) is 5.81. The van der Waals surface area contributed by atoms with Gasteiger partial charge < -0.3 is 4.90 Å². The van der Waals surface area contributed by atoms with Gasteiger partial charge in [-0.3, -0.25) is 9.78 Å². The van der Waals surface area contributed by atoms with Crippen molar-refractivity contribution in [2.75, 3.05) is 13.1 Å². The number of aromatic nitrogens is 2. The third kappa shape index (κ3) is 4.91. The zero-order valence-corrected chi connectivity index (χ0v) is 17.9. The molecule has 1 aliphatic rings. The van der Waals surface area contributed by atoms with Crippen LogP contribution in [-0.4, -0.2) is 33.9 Å². The topological polar surface area (TPSA) is 46.1 Å². The summed E-state index contributed by atoms with van der Waals surface area (Å²) in [6, 6.07) is 14.9. The molecule has 0 aliphatic carbocycles. The first-order valence-electron chi connectivity index (χ1n) is 10.3. The Balaban J connectivity index is 1.36. The van der Waals surface area contributed by atoms with E-state index in [0.29, 0.717) is 12.3 Å². The van der Waals surface area contributed by atoms with Crippen molar-refractivity contribution in [2.45, 2.75) is 45.4 Å². The third-order valence-corrected chi connectivity index (χ3v) is 6.55. The van der Waals surface area contributed by atoms with E-state index in [9.17, 15) is 4.79 Å². The van der Waals surface area contributed by atoms with E-state index < -0.39 is 0 Å². The van der Waals surface area contributed by atoms with Gasteiger partial charge in [-0.05, 0) is 49.9 Å². The van der Waals surface area contributed by atoms with Crippen LogP contribution in [0.1, 0.15) is 52.0 Å². The quantitative estimate of drug-likeness (QED) is 0.618. The normalized spacial score (nSPS) is 14.9. The molecule has 2 aromatic heterocycles. The van der Waals surface area contributed by atoms with Crippen LogP contribution < -0.4 is 0 Å². The van der Waals surface area contributed by atoms with Gasteiger partial charge >= 0.3 is 0 Å². The fraction of sp³-hybridized carbons (Fsp3) is 0.375. The van der Waals surface area contributed by atoms with E-state index in [0.717, 1.165) is 48.7 Å². The van der Waals surface area contributed by atoms with Crippen LogP contribution in [0.25, 0.3) is 0 Å². The summed E-state index contributed by atoms with van der Waals surface area (Å²) in [7, 11) is 0. The summed E-state index contributed by atoms with van der Waals surface area (Å²) >= 11 is 1.60. The molecule has 1 aromatic carbocycles. The molecule has 0 spiro atoms. The second kappa shape index (κ2) is 8.87. The summed E-state index contributed by atoms with van der Waals surface area (Å²) < 4.78 is 0. The maximum Gasteiger partial charge on any atom is 0.228 e. The third-order valence-electron chi connectivity index (χ3n) is 5.73. The molecule has 4 nitrogen and oxygen atoms in total. The molecule has 1 amide bonds. The predicted octanol–water partition coefficient (Wildman–Crippen LogP) is 4.69. The van der Waals surface area contributed by atoms with Crippen LogP contribution in [0, 0.1) is 13.8 Å². The zero-order valence-electron chi connectivity index (χ0n) is 17.1. The highest BCUT2D eigenvalue weighted by molar-refractivity contribution is 7.09. The van der Waals surface area contributed by atoms with E-state index in [2.05, 4.69) is 54.4 Å².